The molecule has 0 saturated carbocycles. The Morgan fingerprint density at radius 2 is 2.17 bits per heavy atom. The summed E-state index contributed by atoms with van der Waals surface area (Å²) in [6.45, 7) is 4.35. The molecule has 0 radical (unpaired) electrons. The van der Waals surface area contributed by atoms with E-state index in [1.807, 2.05) is 18.2 Å². The third-order valence-corrected chi connectivity index (χ3v) is 2.64. The van der Waals surface area contributed by atoms with Gasteiger partial charge in [-0.3, -0.25) is 0 Å². The molecular formula is C12H22N6. The van der Waals surface area contributed by atoms with Gasteiger partial charge >= 0.3 is 0 Å². The van der Waals surface area contributed by atoms with Gasteiger partial charge in [0.1, 0.15) is 5.82 Å². The number of amidine groups is 1. The highest BCUT2D eigenvalue weighted by Gasteiger charge is 2.16. The van der Waals surface area contributed by atoms with Gasteiger partial charge in [0.25, 0.3) is 0 Å². The van der Waals surface area contributed by atoms with Crippen LogP contribution in [0.1, 0.15) is 26.7 Å². The lowest BCUT2D eigenvalue weighted by molar-refractivity contribution is 0.545. The molecule has 0 saturated heterocycles. The molecule has 18 heavy (non-hydrogen) atoms. The third-order valence-electron chi connectivity index (χ3n) is 2.64. The number of nitrogens with two attached hydrogens (primary N) is 2. The smallest absolute Gasteiger partial charge is 0.158 e. The van der Waals surface area contributed by atoms with Crippen LogP contribution in [0.3, 0.4) is 0 Å². The number of hydrogen-bond acceptors (Lipinski definition) is 5. The van der Waals surface area contributed by atoms with E-state index in [4.69, 9.17) is 11.7 Å². The van der Waals surface area contributed by atoms with E-state index in [9.17, 15) is 0 Å². The lowest BCUT2D eigenvalue weighted by Crippen LogP contribution is -2.44. The van der Waals surface area contributed by atoms with E-state index < -0.39 is 0 Å². The number of hydrogen-bond donors (Lipinski definition) is 4. The van der Waals surface area contributed by atoms with E-state index in [1.165, 1.54) is 0 Å². The Bertz CT molecular complexity index is 362. The number of hydrazine groups is 1. The molecule has 1 rings (SSSR count). The first-order valence-electron chi connectivity index (χ1n) is 6.09. The van der Waals surface area contributed by atoms with Crippen molar-refractivity contribution in [3.05, 3.63) is 24.4 Å². The minimum absolute atomic E-state index is 0.0581. The summed E-state index contributed by atoms with van der Waals surface area (Å²) in [6, 6.07) is 5.63. The summed E-state index contributed by atoms with van der Waals surface area (Å²) < 4.78 is 0. The normalized spacial score (nSPS) is 13.4. The molecule has 0 aliphatic heterocycles. The van der Waals surface area contributed by atoms with Gasteiger partial charge in [-0.2, -0.15) is 5.10 Å². The molecule has 1 unspecified atom stereocenters. The van der Waals surface area contributed by atoms with Crippen LogP contribution in [0.2, 0.25) is 0 Å². The largest absolute Gasteiger partial charge is 0.360 e. The molecule has 0 aliphatic carbocycles. The quantitative estimate of drug-likeness (QED) is 0.261. The number of nitrogens with one attached hydrogen (secondary N) is 2. The van der Waals surface area contributed by atoms with E-state index in [2.05, 4.69) is 34.7 Å². The van der Waals surface area contributed by atoms with Crippen LogP contribution >= 0.6 is 0 Å². The Kier molecular flexibility index (Phi) is 5.93. The van der Waals surface area contributed by atoms with Crippen molar-refractivity contribution in [2.75, 3.05) is 5.32 Å². The third kappa shape index (κ3) is 4.58. The SMILES string of the molecule is CC(C)CCC(Nc1ccccn1)/C(=N/N)NN. The second-order valence-corrected chi connectivity index (χ2v) is 4.54. The molecule has 100 valence electrons. The minimum Gasteiger partial charge on any atom is -0.360 e. The van der Waals surface area contributed by atoms with Gasteiger partial charge in [0, 0.05) is 6.20 Å². The van der Waals surface area contributed by atoms with Crippen LogP contribution in [0.15, 0.2) is 29.5 Å². The van der Waals surface area contributed by atoms with Crippen molar-refractivity contribution >= 4 is 11.7 Å². The number of nitrogens with zero attached hydrogens (tertiary/aromatic N) is 2. The molecule has 0 aliphatic rings. The summed E-state index contributed by atoms with van der Waals surface area (Å²) in [7, 11) is 0. The Labute approximate surface area is 108 Å². The van der Waals surface area contributed by atoms with Crippen LogP contribution in [-0.4, -0.2) is 16.9 Å². The molecule has 1 heterocycles. The minimum atomic E-state index is -0.0581. The van der Waals surface area contributed by atoms with Crippen molar-refractivity contribution in [2.24, 2.45) is 22.7 Å². The predicted molar refractivity (Wildman–Crippen MR) is 74.7 cm³/mol. The van der Waals surface area contributed by atoms with E-state index >= 15 is 0 Å². The Morgan fingerprint density at radius 1 is 1.39 bits per heavy atom. The summed E-state index contributed by atoms with van der Waals surface area (Å²) in [5.41, 5.74) is 2.53. The van der Waals surface area contributed by atoms with Crippen molar-refractivity contribution in [3.8, 4) is 0 Å². The molecule has 0 bridgehead atoms. The van der Waals surface area contributed by atoms with Gasteiger partial charge in [-0.05, 0) is 30.9 Å². The molecule has 1 aromatic rings. The number of anilines is 1. The van der Waals surface area contributed by atoms with Crippen molar-refractivity contribution in [1.29, 1.82) is 0 Å². The van der Waals surface area contributed by atoms with Crippen molar-refractivity contribution in [1.82, 2.24) is 10.4 Å². The van der Waals surface area contributed by atoms with Gasteiger partial charge in [0.15, 0.2) is 5.84 Å². The van der Waals surface area contributed by atoms with E-state index in [-0.39, 0.29) is 6.04 Å². The summed E-state index contributed by atoms with van der Waals surface area (Å²) in [5, 5.41) is 6.94. The Balaban J connectivity index is 2.71. The van der Waals surface area contributed by atoms with Gasteiger partial charge in [0.05, 0.1) is 6.04 Å². The highest BCUT2D eigenvalue weighted by atomic mass is 15.3. The molecule has 1 atom stereocenters. The van der Waals surface area contributed by atoms with Gasteiger partial charge in [-0.25, -0.2) is 10.8 Å². The van der Waals surface area contributed by atoms with Gasteiger partial charge in [0.2, 0.25) is 0 Å². The number of aromatic nitrogens is 1. The van der Waals surface area contributed by atoms with Crippen LogP contribution in [0.25, 0.3) is 0 Å². The predicted octanol–water partition coefficient (Wildman–Crippen LogP) is 1.03. The second-order valence-electron chi connectivity index (χ2n) is 4.54. The summed E-state index contributed by atoms with van der Waals surface area (Å²) >= 11 is 0. The number of hydrazone groups is 1. The highest BCUT2D eigenvalue weighted by Crippen LogP contribution is 2.11. The maximum Gasteiger partial charge on any atom is 0.158 e. The van der Waals surface area contributed by atoms with Crippen LogP contribution in [0.4, 0.5) is 5.82 Å². The zero-order valence-corrected chi connectivity index (χ0v) is 10.9. The maximum absolute atomic E-state index is 5.42. The lowest BCUT2D eigenvalue weighted by Gasteiger charge is -2.21. The fourth-order valence-electron chi connectivity index (χ4n) is 1.63. The van der Waals surface area contributed by atoms with E-state index in [0.717, 1.165) is 18.7 Å². The molecule has 1 aromatic heterocycles. The monoisotopic (exact) mass is 250 g/mol. The van der Waals surface area contributed by atoms with Crippen LogP contribution in [0.5, 0.6) is 0 Å². The molecular weight excluding hydrogens is 228 g/mol. The van der Waals surface area contributed by atoms with Crippen LogP contribution in [-0.2, 0) is 0 Å². The molecule has 6 heteroatoms. The highest BCUT2D eigenvalue weighted by molar-refractivity contribution is 5.88. The Hall–Kier alpha value is -1.82. The zero-order chi connectivity index (χ0) is 13.4. The number of rotatable bonds is 6. The average Bonchev–Trinajstić information content (AvgIpc) is 2.38. The van der Waals surface area contributed by atoms with Gasteiger partial charge < -0.3 is 16.6 Å². The van der Waals surface area contributed by atoms with Crippen molar-refractivity contribution in [3.63, 3.8) is 0 Å². The maximum atomic E-state index is 5.42. The first kappa shape index (κ1) is 14.2. The summed E-state index contributed by atoms with van der Waals surface area (Å²) in [6.07, 6.45) is 3.66. The molecule has 0 spiro atoms. The second kappa shape index (κ2) is 7.50. The molecule has 0 fully saturated rings. The van der Waals surface area contributed by atoms with Crippen LogP contribution in [0, 0.1) is 5.92 Å². The fraction of sp³-hybridized carbons (Fsp3) is 0.500. The molecule has 6 N–H and O–H groups in total. The fourth-order valence-corrected chi connectivity index (χ4v) is 1.63. The van der Waals surface area contributed by atoms with Crippen molar-refractivity contribution in [2.45, 2.75) is 32.7 Å². The van der Waals surface area contributed by atoms with Crippen LogP contribution < -0.4 is 22.4 Å². The van der Waals surface area contributed by atoms with Crippen molar-refractivity contribution < 1.29 is 0 Å². The Morgan fingerprint density at radius 3 is 2.67 bits per heavy atom. The number of pyridine rings is 1. The topological polar surface area (TPSA) is 101 Å². The summed E-state index contributed by atoms with van der Waals surface area (Å²) in [5.74, 6) is 12.7. The standard InChI is InChI=1S/C12H22N6/c1-9(2)6-7-10(12(17-13)18-14)16-11-5-3-4-8-15-11/h3-5,8-10H,6-7,13-14H2,1-2H3,(H,15,16)(H,17,18). The van der Waals surface area contributed by atoms with Gasteiger partial charge in [-0.15, -0.1) is 0 Å². The average molecular weight is 250 g/mol. The zero-order valence-electron chi connectivity index (χ0n) is 10.9. The lowest BCUT2D eigenvalue weighted by atomic mass is 10.0. The van der Waals surface area contributed by atoms with Gasteiger partial charge in [-0.1, -0.05) is 19.9 Å². The first-order valence-corrected chi connectivity index (χ1v) is 6.09. The first-order chi connectivity index (χ1) is 8.67. The molecule has 0 aromatic carbocycles. The van der Waals surface area contributed by atoms with E-state index in [0.29, 0.717) is 11.8 Å². The molecule has 0 amide bonds. The van der Waals surface area contributed by atoms with E-state index in [1.54, 1.807) is 6.20 Å². The summed E-state index contributed by atoms with van der Waals surface area (Å²) in [4.78, 5) is 4.22. The molecule has 6 nitrogen and oxygen atoms in total.